The molecule has 7 nitrogen and oxygen atoms in total. The SMILES string of the molecule is CCOC(=O)COc1cc(F)ccc1Nc1ncnc2cc(N=S)cc(C)c12. The summed E-state index contributed by atoms with van der Waals surface area (Å²) in [7, 11) is 0. The Morgan fingerprint density at radius 1 is 1.29 bits per heavy atom. The van der Waals surface area contributed by atoms with Crippen molar-refractivity contribution in [2.75, 3.05) is 18.5 Å². The van der Waals surface area contributed by atoms with E-state index in [1.807, 2.05) is 13.0 Å². The molecule has 0 saturated carbocycles. The highest BCUT2D eigenvalue weighted by atomic mass is 32.1. The quantitative estimate of drug-likeness (QED) is 0.597. The number of carbonyl (C=O) groups is 1. The van der Waals surface area contributed by atoms with Gasteiger partial charge in [-0.1, -0.05) is 0 Å². The first-order chi connectivity index (χ1) is 13.5. The number of fused-ring (bicyclic) bond motifs is 1. The van der Waals surface area contributed by atoms with Crippen molar-refractivity contribution in [1.29, 1.82) is 0 Å². The molecule has 0 amide bonds. The molecule has 1 aromatic heterocycles. The normalized spacial score (nSPS) is 10.5. The van der Waals surface area contributed by atoms with Gasteiger partial charge in [-0.05, 0) is 43.7 Å². The van der Waals surface area contributed by atoms with Crippen molar-refractivity contribution in [1.82, 2.24) is 9.97 Å². The number of nitrogens with zero attached hydrogens (tertiary/aromatic N) is 3. The average Bonchev–Trinajstić information content (AvgIpc) is 2.68. The monoisotopic (exact) mass is 400 g/mol. The number of ether oxygens (including phenoxy) is 2. The van der Waals surface area contributed by atoms with E-state index in [4.69, 9.17) is 21.9 Å². The molecule has 0 aliphatic rings. The van der Waals surface area contributed by atoms with Crippen LogP contribution >= 0.6 is 0 Å². The van der Waals surface area contributed by atoms with Crippen molar-refractivity contribution in [2.45, 2.75) is 13.8 Å². The summed E-state index contributed by atoms with van der Waals surface area (Å²) in [6, 6.07) is 7.56. The van der Waals surface area contributed by atoms with Gasteiger partial charge in [0.2, 0.25) is 0 Å². The summed E-state index contributed by atoms with van der Waals surface area (Å²) in [5, 5.41) is 3.89. The van der Waals surface area contributed by atoms with Gasteiger partial charge in [-0.15, -0.1) is 0 Å². The fraction of sp³-hybridized carbons (Fsp3) is 0.211. The van der Waals surface area contributed by atoms with Crippen LogP contribution in [0.25, 0.3) is 10.9 Å². The third-order valence-corrected chi connectivity index (χ3v) is 4.08. The van der Waals surface area contributed by atoms with Crippen molar-refractivity contribution in [3.63, 3.8) is 0 Å². The first kappa shape index (κ1) is 19.6. The maximum Gasteiger partial charge on any atom is 0.344 e. The van der Waals surface area contributed by atoms with Gasteiger partial charge in [0.25, 0.3) is 0 Å². The number of anilines is 2. The molecule has 0 unspecified atom stereocenters. The highest BCUT2D eigenvalue weighted by Crippen LogP contribution is 2.33. The lowest BCUT2D eigenvalue weighted by Gasteiger charge is -2.14. The maximum absolute atomic E-state index is 13.7. The lowest BCUT2D eigenvalue weighted by Crippen LogP contribution is -2.15. The Labute approximate surface area is 166 Å². The first-order valence-electron chi connectivity index (χ1n) is 8.45. The second-order valence-electron chi connectivity index (χ2n) is 5.83. The fourth-order valence-electron chi connectivity index (χ4n) is 2.71. The Bertz CT molecular complexity index is 1050. The second-order valence-corrected chi connectivity index (χ2v) is 6.01. The van der Waals surface area contributed by atoms with Gasteiger partial charge in [-0.3, -0.25) is 0 Å². The summed E-state index contributed by atoms with van der Waals surface area (Å²) in [5.74, 6) is -0.369. The number of benzene rings is 2. The van der Waals surface area contributed by atoms with Crippen molar-refractivity contribution < 1.29 is 18.7 Å². The minimum Gasteiger partial charge on any atom is -0.480 e. The molecule has 0 bridgehead atoms. The van der Waals surface area contributed by atoms with Gasteiger partial charge < -0.3 is 14.8 Å². The first-order valence-corrected chi connectivity index (χ1v) is 8.82. The van der Waals surface area contributed by atoms with Gasteiger partial charge in [0.1, 0.15) is 23.7 Å². The van der Waals surface area contributed by atoms with E-state index in [1.54, 1.807) is 13.0 Å². The summed E-state index contributed by atoms with van der Waals surface area (Å²) in [6.45, 7) is 3.49. The molecular weight excluding hydrogens is 383 g/mol. The Hall–Kier alpha value is -3.20. The predicted molar refractivity (Wildman–Crippen MR) is 106 cm³/mol. The van der Waals surface area contributed by atoms with E-state index >= 15 is 0 Å². The van der Waals surface area contributed by atoms with Gasteiger partial charge in [-0.2, -0.15) is 4.36 Å². The molecule has 0 radical (unpaired) electrons. The van der Waals surface area contributed by atoms with Crippen LogP contribution in [0, 0.1) is 12.7 Å². The number of aryl methyl sites for hydroxylation is 1. The number of hydrogen-bond acceptors (Lipinski definition) is 8. The smallest absolute Gasteiger partial charge is 0.344 e. The summed E-state index contributed by atoms with van der Waals surface area (Å²) >= 11 is 4.75. The average molecular weight is 400 g/mol. The minimum atomic E-state index is -0.541. The second kappa shape index (κ2) is 8.66. The number of esters is 1. The number of hydrogen-bond donors (Lipinski definition) is 1. The van der Waals surface area contributed by atoms with Crippen LogP contribution in [-0.2, 0) is 22.0 Å². The van der Waals surface area contributed by atoms with Gasteiger partial charge in [0.15, 0.2) is 6.61 Å². The topological polar surface area (TPSA) is 85.7 Å². The molecule has 3 rings (SSSR count). The minimum absolute atomic E-state index is 0.162. The molecule has 1 heterocycles. The van der Waals surface area contributed by atoms with Crippen LogP contribution < -0.4 is 10.1 Å². The molecule has 0 atom stereocenters. The lowest BCUT2D eigenvalue weighted by molar-refractivity contribution is -0.145. The Balaban J connectivity index is 1.95. The zero-order valence-electron chi connectivity index (χ0n) is 15.2. The number of carbonyl (C=O) groups excluding carboxylic acids is 1. The summed E-state index contributed by atoms with van der Waals surface area (Å²) in [6.07, 6.45) is 1.40. The number of aromatic nitrogens is 2. The van der Waals surface area contributed by atoms with Crippen LogP contribution in [0.5, 0.6) is 5.75 Å². The van der Waals surface area contributed by atoms with Crippen LogP contribution in [0.3, 0.4) is 0 Å². The van der Waals surface area contributed by atoms with Crippen LogP contribution in [0.2, 0.25) is 0 Å². The van der Waals surface area contributed by atoms with E-state index < -0.39 is 11.8 Å². The molecule has 144 valence electrons. The van der Waals surface area contributed by atoms with E-state index in [9.17, 15) is 9.18 Å². The Morgan fingerprint density at radius 3 is 2.86 bits per heavy atom. The molecule has 1 N–H and O–H groups in total. The molecular formula is C19H17FN4O3S. The lowest BCUT2D eigenvalue weighted by atomic mass is 10.1. The molecule has 0 spiro atoms. The van der Waals surface area contributed by atoms with Crippen LogP contribution in [0.1, 0.15) is 12.5 Å². The predicted octanol–water partition coefficient (Wildman–Crippen LogP) is 4.12. The molecule has 28 heavy (non-hydrogen) atoms. The summed E-state index contributed by atoms with van der Waals surface area (Å²) < 4.78 is 27.7. The third-order valence-electron chi connectivity index (χ3n) is 3.87. The number of nitrogens with one attached hydrogen (secondary N) is 1. The Kier molecular flexibility index (Phi) is 6.05. The Morgan fingerprint density at radius 2 is 2.11 bits per heavy atom. The van der Waals surface area contributed by atoms with Gasteiger partial charge in [0, 0.05) is 23.9 Å². The van der Waals surface area contributed by atoms with Gasteiger partial charge in [-0.25, -0.2) is 19.2 Å². The van der Waals surface area contributed by atoms with Crippen molar-refractivity contribution in [3.05, 3.63) is 48.0 Å². The highest BCUT2D eigenvalue weighted by Gasteiger charge is 2.13. The van der Waals surface area contributed by atoms with E-state index in [0.29, 0.717) is 22.7 Å². The van der Waals surface area contributed by atoms with E-state index in [-0.39, 0.29) is 19.0 Å². The molecule has 0 aliphatic carbocycles. The molecule has 0 fully saturated rings. The van der Waals surface area contributed by atoms with Gasteiger partial charge in [0.05, 0.1) is 23.5 Å². The van der Waals surface area contributed by atoms with Crippen LogP contribution in [-0.4, -0.2) is 29.2 Å². The standard InChI is InChI=1S/C19H17FN4O3S/c1-3-26-17(25)9-27-16-7-12(20)4-5-14(16)23-19-18-11(2)6-13(24-28)8-15(18)21-10-22-19/h4-8,10H,3,9H2,1-2H3,(H,21,22,23). The van der Waals surface area contributed by atoms with Crippen LogP contribution in [0.4, 0.5) is 21.6 Å². The van der Waals surface area contributed by atoms with Crippen molar-refractivity contribution >= 4 is 46.5 Å². The highest BCUT2D eigenvalue weighted by molar-refractivity contribution is 7.47. The van der Waals surface area contributed by atoms with Crippen LogP contribution in [0.15, 0.2) is 41.0 Å². The largest absolute Gasteiger partial charge is 0.480 e. The summed E-state index contributed by atoms with van der Waals surface area (Å²) in [4.78, 5) is 20.1. The molecule has 9 heteroatoms. The van der Waals surface area contributed by atoms with E-state index in [2.05, 4.69) is 19.6 Å². The maximum atomic E-state index is 13.7. The fourth-order valence-corrected chi connectivity index (χ4v) is 2.81. The van der Waals surface area contributed by atoms with Crippen molar-refractivity contribution in [2.24, 2.45) is 4.36 Å². The van der Waals surface area contributed by atoms with E-state index in [0.717, 1.165) is 10.9 Å². The molecule has 0 aliphatic heterocycles. The molecule has 0 saturated heterocycles. The third kappa shape index (κ3) is 4.37. The van der Waals surface area contributed by atoms with Crippen molar-refractivity contribution in [3.8, 4) is 5.75 Å². The molecule has 2 aromatic carbocycles. The number of halogens is 1. The summed E-state index contributed by atoms with van der Waals surface area (Å²) in [5.41, 5.74) is 2.62. The number of rotatable bonds is 7. The van der Waals surface area contributed by atoms with Gasteiger partial charge >= 0.3 is 5.97 Å². The molecule has 3 aromatic rings. The zero-order chi connectivity index (χ0) is 20.1. The zero-order valence-corrected chi connectivity index (χ0v) is 16.0. The van der Waals surface area contributed by atoms with E-state index in [1.165, 1.54) is 24.5 Å².